The van der Waals surface area contributed by atoms with E-state index in [1.54, 1.807) is 32.2 Å². The zero-order chi connectivity index (χ0) is 26.5. The lowest BCUT2D eigenvalue weighted by atomic mass is 9.62. The Kier molecular flexibility index (Phi) is 6.56. The molecule has 0 saturated heterocycles. The van der Waals surface area contributed by atoms with E-state index in [0.717, 1.165) is 29.2 Å². The lowest BCUT2D eigenvalue weighted by Gasteiger charge is -2.47. The number of carbonyl (C=O) groups is 1. The molecule has 1 fully saturated rings. The summed E-state index contributed by atoms with van der Waals surface area (Å²) in [5.74, 6) is -2.04. The maximum atomic E-state index is 13.0. The van der Waals surface area contributed by atoms with Gasteiger partial charge < -0.3 is 20.6 Å². The van der Waals surface area contributed by atoms with Crippen LogP contribution in [-0.2, 0) is 16.6 Å². The number of aliphatic hydroxyl groups is 2. The van der Waals surface area contributed by atoms with Crippen molar-refractivity contribution in [1.29, 1.82) is 0 Å². The van der Waals surface area contributed by atoms with E-state index in [1.165, 1.54) is 0 Å². The number of aryl methyl sites for hydroxylation is 1. The van der Waals surface area contributed by atoms with Gasteiger partial charge in [-0.25, -0.2) is 15.0 Å². The number of aromatic nitrogens is 3. The Hall–Kier alpha value is -3.09. The van der Waals surface area contributed by atoms with Crippen molar-refractivity contribution in [3.63, 3.8) is 0 Å². The molecule has 1 saturated carbocycles. The largest absolute Gasteiger partial charge is 0.481 e. The van der Waals surface area contributed by atoms with Crippen LogP contribution in [0.25, 0.3) is 10.4 Å². The first-order valence-corrected chi connectivity index (χ1v) is 11.9. The number of thiazole rings is 1. The van der Waals surface area contributed by atoms with E-state index in [-0.39, 0.29) is 23.8 Å². The topological polar surface area (TPSA) is 128 Å². The molecule has 2 aromatic heterocycles. The van der Waals surface area contributed by atoms with E-state index in [0.29, 0.717) is 16.1 Å². The molecule has 12 heteroatoms. The molecule has 4 rings (SSSR count). The molecule has 0 radical (unpaired) electrons. The summed E-state index contributed by atoms with van der Waals surface area (Å²) in [7, 11) is 0. The predicted molar refractivity (Wildman–Crippen MR) is 127 cm³/mol. The maximum Gasteiger partial charge on any atom is 0.433 e. The van der Waals surface area contributed by atoms with Crippen LogP contribution in [0, 0.1) is 18.3 Å². The van der Waals surface area contributed by atoms with Crippen LogP contribution in [0.2, 0.25) is 0 Å². The van der Waals surface area contributed by atoms with E-state index in [4.69, 9.17) is 0 Å². The van der Waals surface area contributed by atoms with Gasteiger partial charge in [-0.3, -0.25) is 4.79 Å². The Morgan fingerprint density at radius 2 is 1.94 bits per heavy atom. The lowest BCUT2D eigenvalue weighted by molar-refractivity contribution is -0.175. The van der Waals surface area contributed by atoms with Crippen LogP contribution in [0.15, 0.2) is 36.7 Å². The number of anilines is 2. The van der Waals surface area contributed by atoms with Gasteiger partial charge in [0, 0.05) is 18.1 Å². The first kappa shape index (κ1) is 26.0. The van der Waals surface area contributed by atoms with Crippen LogP contribution in [0.1, 0.15) is 43.0 Å². The maximum absolute atomic E-state index is 13.0. The molecule has 1 aromatic carbocycles. The van der Waals surface area contributed by atoms with Crippen molar-refractivity contribution in [2.45, 2.75) is 51.5 Å². The first-order chi connectivity index (χ1) is 16.7. The molecule has 0 aliphatic heterocycles. The van der Waals surface area contributed by atoms with Gasteiger partial charge in [0.1, 0.15) is 16.3 Å². The number of alkyl halides is 3. The summed E-state index contributed by atoms with van der Waals surface area (Å²) in [6.07, 6.45) is -3.43. The van der Waals surface area contributed by atoms with Crippen molar-refractivity contribution in [2.24, 2.45) is 11.3 Å². The number of nitrogens with one attached hydrogen (secondary N) is 1. The molecule has 0 spiro atoms. The molecule has 8 nitrogen and oxygen atoms in total. The fourth-order valence-electron chi connectivity index (χ4n) is 4.64. The zero-order valence-electron chi connectivity index (χ0n) is 19.7. The van der Waals surface area contributed by atoms with Gasteiger partial charge in [-0.15, -0.1) is 11.3 Å². The number of aliphatic hydroxyl groups excluding tert-OH is 1. The summed E-state index contributed by atoms with van der Waals surface area (Å²) >= 11 is 1.16. The minimum atomic E-state index is -4.60. The van der Waals surface area contributed by atoms with Crippen LogP contribution >= 0.6 is 11.3 Å². The summed E-state index contributed by atoms with van der Waals surface area (Å²) in [5.41, 5.74) is -1.61. The van der Waals surface area contributed by atoms with Crippen LogP contribution in [0.4, 0.5) is 24.8 Å². The number of nitrogens with zero attached hydrogens (tertiary/aromatic N) is 3. The highest BCUT2D eigenvalue weighted by Gasteiger charge is 2.54. The molecule has 3 unspecified atom stereocenters. The minimum Gasteiger partial charge on any atom is -0.481 e. The second-order valence-electron chi connectivity index (χ2n) is 9.74. The highest BCUT2D eigenvalue weighted by atomic mass is 32.1. The van der Waals surface area contributed by atoms with Crippen molar-refractivity contribution < 1.29 is 33.3 Å². The van der Waals surface area contributed by atoms with Crippen LogP contribution in [0.5, 0.6) is 0 Å². The Morgan fingerprint density at radius 3 is 2.61 bits per heavy atom. The number of carboxylic acids is 1. The molecule has 4 N–H and O–H groups in total. The average Bonchev–Trinajstić information content (AvgIpc) is 3.26. The fraction of sp³-hybridized carbons (Fsp3) is 0.417. The molecule has 192 valence electrons. The van der Waals surface area contributed by atoms with E-state index < -0.39 is 40.9 Å². The van der Waals surface area contributed by atoms with E-state index in [1.807, 2.05) is 13.0 Å². The lowest BCUT2D eigenvalue weighted by Crippen LogP contribution is -2.53. The Bertz CT molecular complexity index is 1300. The zero-order valence-corrected chi connectivity index (χ0v) is 20.5. The summed E-state index contributed by atoms with van der Waals surface area (Å²) in [6, 6.07) is 6.05. The third kappa shape index (κ3) is 5.06. The van der Waals surface area contributed by atoms with Gasteiger partial charge >= 0.3 is 12.1 Å². The quantitative estimate of drug-likeness (QED) is 0.378. The molecule has 1 aliphatic carbocycles. The summed E-state index contributed by atoms with van der Waals surface area (Å²) in [4.78, 5) is 24.0. The number of rotatable bonds is 5. The Labute approximate surface area is 208 Å². The molecule has 0 amide bonds. The predicted octanol–water partition coefficient (Wildman–Crippen LogP) is 4.74. The standard InChI is InChI=1S/C24H25F3N4O4S/c1-12-6-13(8-14(7-12)30-21-28-5-4-17(31-21)24(25,26)27)16-10-29-20(36-16)23(35)11-22(2,3)15(19(33)34)9-18(23)32/h4-8,10,15,18,32,35H,9,11H2,1-3H3,(H,33,34)(H,28,30,31). The van der Waals surface area contributed by atoms with E-state index in [2.05, 4.69) is 20.3 Å². The van der Waals surface area contributed by atoms with Gasteiger partial charge in [-0.1, -0.05) is 19.9 Å². The number of aliphatic carboxylic acids is 1. The number of benzene rings is 1. The summed E-state index contributed by atoms with van der Waals surface area (Å²) in [5, 5.41) is 34.7. The molecule has 0 bridgehead atoms. The Morgan fingerprint density at radius 1 is 1.22 bits per heavy atom. The van der Waals surface area contributed by atoms with Gasteiger partial charge in [0.2, 0.25) is 5.95 Å². The second kappa shape index (κ2) is 9.09. The van der Waals surface area contributed by atoms with Crippen molar-refractivity contribution >= 4 is 28.9 Å². The van der Waals surface area contributed by atoms with Gasteiger partial charge in [-0.05, 0) is 54.5 Å². The van der Waals surface area contributed by atoms with Crippen molar-refractivity contribution in [1.82, 2.24) is 15.0 Å². The first-order valence-electron chi connectivity index (χ1n) is 11.1. The highest BCUT2D eigenvalue weighted by Crippen LogP contribution is 2.51. The molecule has 1 aliphatic rings. The fourth-order valence-corrected chi connectivity index (χ4v) is 5.68. The second-order valence-corrected chi connectivity index (χ2v) is 10.8. The molecule has 36 heavy (non-hydrogen) atoms. The number of hydrogen-bond acceptors (Lipinski definition) is 8. The number of hydrogen-bond donors (Lipinski definition) is 4. The monoisotopic (exact) mass is 522 g/mol. The van der Waals surface area contributed by atoms with Gasteiger partial charge in [0.05, 0.1) is 16.9 Å². The molecule has 3 atom stereocenters. The van der Waals surface area contributed by atoms with Crippen LogP contribution in [-0.4, -0.2) is 42.3 Å². The van der Waals surface area contributed by atoms with Gasteiger partial charge in [-0.2, -0.15) is 13.2 Å². The summed E-state index contributed by atoms with van der Waals surface area (Å²) in [6.45, 7) is 5.30. The van der Waals surface area contributed by atoms with Gasteiger partial charge in [0.15, 0.2) is 0 Å². The van der Waals surface area contributed by atoms with Crippen LogP contribution < -0.4 is 5.32 Å². The average molecular weight is 523 g/mol. The van der Waals surface area contributed by atoms with E-state index in [9.17, 15) is 33.3 Å². The van der Waals surface area contributed by atoms with Crippen molar-refractivity contribution in [2.75, 3.05) is 5.32 Å². The smallest absolute Gasteiger partial charge is 0.433 e. The number of carboxylic acid groups (broad SMARTS) is 1. The van der Waals surface area contributed by atoms with Gasteiger partial charge in [0.25, 0.3) is 0 Å². The van der Waals surface area contributed by atoms with Crippen LogP contribution in [0.3, 0.4) is 0 Å². The van der Waals surface area contributed by atoms with E-state index >= 15 is 0 Å². The van der Waals surface area contributed by atoms with Crippen molar-refractivity contribution in [3.8, 4) is 10.4 Å². The molecule has 2 heterocycles. The molecular formula is C24H25F3N4O4S. The number of halogens is 3. The molecular weight excluding hydrogens is 497 g/mol. The Balaban J connectivity index is 1.62. The molecule has 3 aromatic rings. The third-order valence-corrected chi connectivity index (χ3v) is 7.63. The minimum absolute atomic E-state index is 0.0125. The van der Waals surface area contributed by atoms with Crippen molar-refractivity contribution in [3.05, 3.63) is 52.9 Å². The highest BCUT2D eigenvalue weighted by molar-refractivity contribution is 7.15. The summed E-state index contributed by atoms with van der Waals surface area (Å²) < 4.78 is 39.0. The normalized spacial score (nSPS) is 23.9. The SMILES string of the molecule is Cc1cc(Nc2nccc(C(F)(F)F)n2)cc(-c2cnc(C3(O)CC(C)(C)C(C(=O)O)CC3O)s2)c1. The third-order valence-electron chi connectivity index (χ3n) is 6.42.